The standard InChI is InChI=1S/C14H19NO2/c1-10-2-5-14(17-10)7-15-13-4-3-11-8-16-9-12(11)6-13/h3-4,6,10,14-15H,2,5,7-9H2,1H3. The highest BCUT2D eigenvalue weighted by Crippen LogP contribution is 2.24. The molecular formula is C14H19NO2. The summed E-state index contributed by atoms with van der Waals surface area (Å²) in [6, 6.07) is 6.48. The van der Waals surface area contributed by atoms with Crippen LogP contribution in [0.2, 0.25) is 0 Å². The van der Waals surface area contributed by atoms with Gasteiger partial charge in [0.1, 0.15) is 0 Å². The fraction of sp³-hybridized carbons (Fsp3) is 0.571. The molecule has 0 spiro atoms. The molecule has 2 atom stereocenters. The van der Waals surface area contributed by atoms with E-state index in [0.717, 1.165) is 19.8 Å². The van der Waals surface area contributed by atoms with E-state index in [1.807, 2.05) is 0 Å². The molecule has 3 nitrogen and oxygen atoms in total. The van der Waals surface area contributed by atoms with Gasteiger partial charge in [-0.1, -0.05) is 6.07 Å². The zero-order valence-electron chi connectivity index (χ0n) is 10.2. The number of hydrogen-bond acceptors (Lipinski definition) is 3. The number of hydrogen-bond donors (Lipinski definition) is 1. The highest BCUT2D eigenvalue weighted by atomic mass is 16.5. The van der Waals surface area contributed by atoms with Crippen molar-refractivity contribution in [1.29, 1.82) is 0 Å². The summed E-state index contributed by atoms with van der Waals surface area (Å²) in [7, 11) is 0. The van der Waals surface area contributed by atoms with Crippen LogP contribution in [0, 0.1) is 0 Å². The van der Waals surface area contributed by atoms with Crippen LogP contribution < -0.4 is 5.32 Å². The van der Waals surface area contributed by atoms with E-state index in [4.69, 9.17) is 9.47 Å². The van der Waals surface area contributed by atoms with Crippen molar-refractivity contribution in [1.82, 2.24) is 0 Å². The van der Waals surface area contributed by atoms with Crippen molar-refractivity contribution in [3.63, 3.8) is 0 Å². The van der Waals surface area contributed by atoms with E-state index in [1.54, 1.807) is 0 Å². The number of ether oxygens (including phenoxy) is 2. The number of nitrogens with one attached hydrogen (secondary N) is 1. The molecule has 0 bridgehead atoms. The Hall–Kier alpha value is -1.06. The molecule has 0 amide bonds. The molecule has 1 N–H and O–H groups in total. The fourth-order valence-electron chi connectivity index (χ4n) is 2.55. The van der Waals surface area contributed by atoms with Crippen molar-refractivity contribution in [3.05, 3.63) is 29.3 Å². The first-order valence-electron chi connectivity index (χ1n) is 6.40. The minimum Gasteiger partial charge on any atom is -0.382 e. The molecule has 3 heteroatoms. The first-order chi connectivity index (χ1) is 8.31. The van der Waals surface area contributed by atoms with E-state index >= 15 is 0 Å². The molecule has 2 aliphatic rings. The van der Waals surface area contributed by atoms with Gasteiger partial charge in [-0.3, -0.25) is 0 Å². The predicted octanol–water partition coefficient (Wildman–Crippen LogP) is 2.70. The summed E-state index contributed by atoms with van der Waals surface area (Å²) in [5, 5.41) is 3.46. The highest BCUT2D eigenvalue weighted by molar-refractivity contribution is 5.49. The van der Waals surface area contributed by atoms with Crippen molar-refractivity contribution in [3.8, 4) is 0 Å². The average molecular weight is 233 g/mol. The monoisotopic (exact) mass is 233 g/mol. The molecule has 2 unspecified atom stereocenters. The summed E-state index contributed by atoms with van der Waals surface area (Å²) in [6.45, 7) is 4.57. The van der Waals surface area contributed by atoms with Crippen LogP contribution in [0.1, 0.15) is 30.9 Å². The van der Waals surface area contributed by atoms with E-state index in [2.05, 4.69) is 30.4 Å². The van der Waals surface area contributed by atoms with Gasteiger partial charge in [-0.05, 0) is 43.0 Å². The minimum atomic E-state index is 0.370. The van der Waals surface area contributed by atoms with Crippen molar-refractivity contribution in [2.75, 3.05) is 11.9 Å². The lowest BCUT2D eigenvalue weighted by molar-refractivity contribution is 0.0637. The molecule has 0 aliphatic carbocycles. The Bertz CT molecular complexity index is 405. The van der Waals surface area contributed by atoms with Crippen molar-refractivity contribution in [2.24, 2.45) is 0 Å². The third kappa shape index (κ3) is 2.45. The van der Waals surface area contributed by atoms with Gasteiger partial charge in [0, 0.05) is 12.2 Å². The number of rotatable bonds is 3. The van der Waals surface area contributed by atoms with Crippen LogP contribution in [0.25, 0.3) is 0 Å². The first-order valence-corrected chi connectivity index (χ1v) is 6.40. The van der Waals surface area contributed by atoms with Crippen molar-refractivity contribution < 1.29 is 9.47 Å². The van der Waals surface area contributed by atoms with Gasteiger partial charge in [0.05, 0.1) is 25.4 Å². The van der Waals surface area contributed by atoms with Crippen LogP contribution >= 0.6 is 0 Å². The zero-order valence-corrected chi connectivity index (χ0v) is 10.2. The topological polar surface area (TPSA) is 30.5 Å². The third-order valence-corrected chi connectivity index (χ3v) is 3.58. The molecule has 0 aromatic heterocycles. The normalized spacial score (nSPS) is 27.1. The largest absolute Gasteiger partial charge is 0.382 e. The maximum absolute atomic E-state index is 5.79. The summed E-state index contributed by atoms with van der Waals surface area (Å²) >= 11 is 0. The van der Waals surface area contributed by atoms with Crippen LogP contribution in [-0.2, 0) is 22.7 Å². The van der Waals surface area contributed by atoms with E-state index in [-0.39, 0.29) is 0 Å². The number of anilines is 1. The minimum absolute atomic E-state index is 0.370. The summed E-state index contributed by atoms with van der Waals surface area (Å²) in [5.74, 6) is 0. The molecule has 17 heavy (non-hydrogen) atoms. The van der Waals surface area contributed by atoms with Gasteiger partial charge in [-0.15, -0.1) is 0 Å². The van der Waals surface area contributed by atoms with Gasteiger partial charge in [0.15, 0.2) is 0 Å². The number of fused-ring (bicyclic) bond motifs is 1. The van der Waals surface area contributed by atoms with Gasteiger partial charge in [0.2, 0.25) is 0 Å². The quantitative estimate of drug-likeness (QED) is 0.870. The Balaban J connectivity index is 1.58. The van der Waals surface area contributed by atoms with Gasteiger partial charge < -0.3 is 14.8 Å². The third-order valence-electron chi connectivity index (χ3n) is 3.58. The van der Waals surface area contributed by atoms with Crippen LogP contribution in [0.5, 0.6) is 0 Å². The van der Waals surface area contributed by atoms with Gasteiger partial charge >= 0.3 is 0 Å². The van der Waals surface area contributed by atoms with Gasteiger partial charge in [-0.2, -0.15) is 0 Å². The second-order valence-corrected chi connectivity index (χ2v) is 5.00. The van der Waals surface area contributed by atoms with E-state index < -0.39 is 0 Å². The SMILES string of the molecule is CC1CCC(CNc2ccc3c(c2)COC3)O1. The van der Waals surface area contributed by atoms with Crippen LogP contribution in [-0.4, -0.2) is 18.8 Å². The molecule has 2 aliphatic heterocycles. The maximum atomic E-state index is 5.79. The number of benzene rings is 1. The molecule has 92 valence electrons. The maximum Gasteiger partial charge on any atom is 0.0751 e. The Morgan fingerprint density at radius 3 is 2.94 bits per heavy atom. The second-order valence-electron chi connectivity index (χ2n) is 5.00. The van der Waals surface area contributed by atoms with E-state index in [0.29, 0.717) is 12.2 Å². The molecule has 1 saturated heterocycles. The molecule has 1 aromatic rings. The van der Waals surface area contributed by atoms with Crippen LogP contribution in [0.3, 0.4) is 0 Å². The first kappa shape index (κ1) is 11.1. The second kappa shape index (κ2) is 4.67. The lowest BCUT2D eigenvalue weighted by Gasteiger charge is -2.13. The molecule has 2 heterocycles. The molecule has 0 saturated carbocycles. The predicted molar refractivity (Wildman–Crippen MR) is 67.0 cm³/mol. The Morgan fingerprint density at radius 1 is 1.24 bits per heavy atom. The average Bonchev–Trinajstić information content (AvgIpc) is 2.94. The summed E-state index contributed by atoms with van der Waals surface area (Å²) < 4.78 is 11.2. The van der Waals surface area contributed by atoms with Crippen molar-refractivity contribution in [2.45, 2.75) is 45.2 Å². The smallest absolute Gasteiger partial charge is 0.0751 e. The highest BCUT2D eigenvalue weighted by Gasteiger charge is 2.21. The lowest BCUT2D eigenvalue weighted by Crippen LogP contribution is -2.19. The van der Waals surface area contributed by atoms with E-state index in [9.17, 15) is 0 Å². The summed E-state index contributed by atoms with van der Waals surface area (Å²) in [6.07, 6.45) is 3.15. The summed E-state index contributed by atoms with van der Waals surface area (Å²) in [4.78, 5) is 0. The molecule has 0 radical (unpaired) electrons. The van der Waals surface area contributed by atoms with Crippen LogP contribution in [0.4, 0.5) is 5.69 Å². The van der Waals surface area contributed by atoms with Gasteiger partial charge in [-0.25, -0.2) is 0 Å². The van der Waals surface area contributed by atoms with E-state index in [1.165, 1.54) is 29.7 Å². The van der Waals surface area contributed by atoms with Crippen molar-refractivity contribution >= 4 is 5.69 Å². The van der Waals surface area contributed by atoms with Crippen LogP contribution in [0.15, 0.2) is 18.2 Å². The Kier molecular flexibility index (Phi) is 3.04. The fourth-order valence-corrected chi connectivity index (χ4v) is 2.55. The molecular weight excluding hydrogens is 214 g/mol. The summed E-state index contributed by atoms with van der Waals surface area (Å²) in [5.41, 5.74) is 3.81. The Morgan fingerprint density at radius 2 is 2.12 bits per heavy atom. The zero-order chi connectivity index (χ0) is 11.7. The molecule has 1 fully saturated rings. The molecule has 3 rings (SSSR count). The van der Waals surface area contributed by atoms with Gasteiger partial charge in [0.25, 0.3) is 0 Å². The molecule has 1 aromatic carbocycles. The lowest BCUT2D eigenvalue weighted by atomic mass is 10.1. The Labute approximate surface area is 102 Å².